The Morgan fingerprint density at radius 2 is 1.63 bits per heavy atom. The Morgan fingerprint density at radius 1 is 0.983 bits per heavy atom. The maximum absolute atomic E-state index is 15.6. The van der Waals surface area contributed by atoms with E-state index < -0.39 is 106 Å². The van der Waals surface area contributed by atoms with Gasteiger partial charge < -0.3 is 10.4 Å². The molecule has 11 nitrogen and oxygen atoms in total. The highest BCUT2D eigenvalue weighted by Gasteiger charge is 2.55. The Labute approximate surface area is 332 Å². The van der Waals surface area contributed by atoms with Crippen molar-refractivity contribution in [2.75, 3.05) is 11.0 Å². The summed E-state index contributed by atoms with van der Waals surface area (Å²) in [5, 5.41) is 20.5. The van der Waals surface area contributed by atoms with Crippen molar-refractivity contribution in [1.29, 1.82) is 0 Å². The monoisotopic (exact) mass is 851 g/mol. The fraction of sp³-hybridized carbons (Fsp3) is 0.385. The summed E-state index contributed by atoms with van der Waals surface area (Å²) in [5.41, 5.74) is -4.30. The third kappa shape index (κ3) is 8.76. The van der Waals surface area contributed by atoms with E-state index in [9.17, 15) is 44.7 Å². The van der Waals surface area contributed by atoms with Crippen molar-refractivity contribution in [1.82, 2.24) is 29.9 Å². The standard InChI is InChI=1S/C39H37F8N7O4S/c1-18-19(2)39(46,47)34-29(18)32(36(44)45)50-54(34)17-28(55)49-27(15-20-13-21(40)16-22(41)14-20)31-24(8-7-23(48-31)11-12-38(3,4)56)25-9-10-26(35(42)43)30-33(25)53(5)51-37(30)52-59(6,57)58/h7-10,13-14,16,18-19,27,35-36,56H,15,17H2,1-6H3,(H,49,55)(H,51,52)/t18-,19+,27-/m0/s1. The van der Waals surface area contributed by atoms with Crippen LogP contribution in [0, 0.1) is 29.4 Å². The van der Waals surface area contributed by atoms with Crippen LogP contribution in [0.15, 0.2) is 42.5 Å². The van der Waals surface area contributed by atoms with E-state index >= 15 is 8.78 Å². The van der Waals surface area contributed by atoms with E-state index in [4.69, 9.17) is 0 Å². The summed E-state index contributed by atoms with van der Waals surface area (Å²) in [6.45, 7) is 4.30. The molecule has 5 aromatic rings. The first-order chi connectivity index (χ1) is 27.4. The fourth-order valence-electron chi connectivity index (χ4n) is 7.25. The first-order valence-corrected chi connectivity index (χ1v) is 19.8. The molecule has 1 aliphatic carbocycles. The van der Waals surface area contributed by atoms with Gasteiger partial charge in [0.1, 0.15) is 40.9 Å². The number of aromatic nitrogens is 5. The van der Waals surface area contributed by atoms with Crippen molar-refractivity contribution in [3.8, 4) is 23.0 Å². The van der Waals surface area contributed by atoms with Crippen molar-refractivity contribution in [2.24, 2.45) is 13.0 Å². The second-order valence-electron chi connectivity index (χ2n) is 14.9. The molecule has 0 fully saturated rings. The Balaban J connectivity index is 1.57. The second-order valence-corrected chi connectivity index (χ2v) is 16.7. The minimum absolute atomic E-state index is 0.0190. The highest BCUT2D eigenvalue weighted by molar-refractivity contribution is 7.92. The van der Waals surface area contributed by atoms with Crippen molar-refractivity contribution in [2.45, 2.75) is 77.0 Å². The SMILES string of the molecule is C[C@@H]1c2c(C(F)F)nn(CC(=O)N[C@@H](Cc3cc(F)cc(F)c3)c3nc(C#CC(C)(C)O)ccc3-c3ccc(C(F)F)c4c(NS(C)(=O)=O)nn(C)c34)c2C(F)(F)[C@@H]1C. The van der Waals surface area contributed by atoms with Gasteiger partial charge in [0.05, 0.1) is 28.9 Å². The number of fused-ring (bicyclic) bond motifs is 2. The van der Waals surface area contributed by atoms with E-state index in [0.29, 0.717) is 10.7 Å². The lowest BCUT2D eigenvalue weighted by molar-refractivity contribution is -0.123. The van der Waals surface area contributed by atoms with Crippen LogP contribution in [0.4, 0.5) is 40.9 Å². The Morgan fingerprint density at radius 3 is 2.22 bits per heavy atom. The molecular weight excluding hydrogens is 815 g/mol. The fourth-order valence-corrected chi connectivity index (χ4v) is 7.74. The van der Waals surface area contributed by atoms with Crippen LogP contribution in [0.5, 0.6) is 0 Å². The van der Waals surface area contributed by atoms with Crippen LogP contribution in [-0.2, 0) is 40.8 Å². The molecule has 6 rings (SSSR count). The number of nitrogens with zero attached hydrogens (tertiary/aromatic N) is 5. The van der Waals surface area contributed by atoms with Crippen LogP contribution in [-0.4, -0.2) is 55.8 Å². The zero-order chi connectivity index (χ0) is 43.5. The summed E-state index contributed by atoms with van der Waals surface area (Å²) in [4.78, 5) is 18.6. The zero-order valence-corrected chi connectivity index (χ0v) is 33.0. The average Bonchev–Trinajstić information content (AvgIpc) is 3.70. The lowest BCUT2D eigenvalue weighted by Crippen LogP contribution is -2.35. The van der Waals surface area contributed by atoms with Gasteiger partial charge in [0.15, 0.2) is 5.82 Å². The first-order valence-electron chi connectivity index (χ1n) is 17.9. The Hall–Kier alpha value is -5.55. The molecule has 0 spiro atoms. The highest BCUT2D eigenvalue weighted by Crippen LogP contribution is 2.54. The number of halogens is 8. The van der Waals surface area contributed by atoms with Crippen LogP contribution in [0.2, 0.25) is 0 Å². The topological polar surface area (TPSA) is 144 Å². The molecule has 3 atom stereocenters. The van der Waals surface area contributed by atoms with Gasteiger partial charge in [0.25, 0.3) is 18.8 Å². The molecule has 0 unspecified atom stereocenters. The third-order valence-electron chi connectivity index (χ3n) is 9.89. The Kier molecular flexibility index (Phi) is 11.4. The van der Waals surface area contributed by atoms with E-state index in [1.54, 1.807) is 0 Å². The van der Waals surface area contributed by atoms with Gasteiger partial charge >= 0.3 is 0 Å². The molecular formula is C39H37F8N7O4S. The van der Waals surface area contributed by atoms with Crippen molar-refractivity contribution < 1.29 is 53.4 Å². The lowest BCUT2D eigenvalue weighted by atomic mass is 9.92. The largest absolute Gasteiger partial charge is 0.378 e. The smallest absolute Gasteiger partial charge is 0.292 e. The molecule has 314 valence electrons. The number of aliphatic hydroxyl groups is 1. The highest BCUT2D eigenvalue weighted by atomic mass is 32.2. The van der Waals surface area contributed by atoms with Gasteiger partial charge in [0.2, 0.25) is 15.9 Å². The number of sulfonamides is 1. The van der Waals surface area contributed by atoms with Crippen LogP contribution >= 0.6 is 0 Å². The summed E-state index contributed by atoms with van der Waals surface area (Å²) in [6, 6.07) is 6.17. The third-order valence-corrected chi connectivity index (χ3v) is 10.5. The summed E-state index contributed by atoms with van der Waals surface area (Å²) >= 11 is 0. The maximum atomic E-state index is 15.6. The minimum Gasteiger partial charge on any atom is -0.378 e. The lowest BCUT2D eigenvalue weighted by Gasteiger charge is -2.23. The van der Waals surface area contributed by atoms with Crippen molar-refractivity contribution in [3.63, 3.8) is 0 Å². The van der Waals surface area contributed by atoms with E-state index in [0.717, 1.165) is 29.1 Å². The molecule has 59 heavy (non-hydrogen) atoms. The number of hydrogen-bond acceptors (Lipinski definition) is 7. The molecule has 0 bridgehead atoms. The van der Waals surface area contributed by atoms with E-state index in [-0.39, 0.29) is 44.5 Å². The molecule has 3 aromatic heterocycles. The number of carbonyl (C=O) groups is 1. The van der Waals surface area contributed by atoms with E-state index in [1.165, 1.54) is 52.9 Å². The summed E-state index contributed by atoms with van der Waals surface area (Å²) in [6.07, 6.45) is -6.02. The van der Waals surface area contributed by atoms with E-state index in [2.05, 4.69) is 37.1 Å². The number of hydrogen-bond donors (Lipinski definition) is 3. The second kappa shape index (κ2) is 15.6. The number of alkyl halides is 6. The quantitative estimate of drug-likeness (QED) is 0.0927. The van der Waals surface area contributed by atoms with E-state index in [1.807, 2.05) is 0 Å². The molecule has 3 N–H and O–H groups in total. The normalized spacial score (nSPS) is 17.0. The molecule has 1 amide bonds. The van der Waals surface area contributed by atoms with Gasteiger partial charge in [-0.25, -0.2) is 39.7 Å². The molecule has 3 heterocycles. The maximum Gasteiger partial charge on any atom is 0.292 e. The predicted molar refractivity (Wildman–Crippen MR) is 200 cm³/mol. The van der Waals surface area contributed by atoms with Crippen molar-refractivity contribution >= 4 is 32.7 Å². The number of benzene rings is 2. The van der Waals surface area contributed by atoms with Gasteiger partial charge in [-0.3, -0.25) is 18.9 Å². The van der Waals surface area contributed by atoms with Gasteiger partial charge in [-0.15, -0.1) is 0 Å². The van der Waals surface area contributed by atoms with Crippen LogP contribution in [0.1, 0.15) is 92.0 Å². The minimum atomic E-state index is -4.05. The van der Waals surface area contributed by atoms with Gasteiger partial charge in [-0.1, -0.05) is 31.9 Å². The predicted octanol–water partition coefficient (Wildman–Crippen LogP) is 7.42. The van der Waals surface area contributed by atoms with Crippen LogP contribution in [0.25, 0.3) is 22.0 Å². The summed E-state index contributed by atoms with van der Waals surface area (Å²) < 4.78 is 146. The van der Waals surface area contributed by atoms with Crippen LogP contribution < -0.4 is 10.0 Å². The molecule has 0 aliphatic heterocycles. The molecule has 0 radical (unpaired) electrons. The number of rotatable bonds is 11. The first kappa shape index (κ1) is 43.0. The van der Waals surface area contributed by atoms with Crippen LogP contribution in [0.3, 0.4) is 0 Å². The molecule has 1 aliphatic rings. The Bertz CT molecular complexity index is 2630. The number of pyridine rings is 1. The van der Waals surface area contributed by atoms with Gasteiger partial charge in [0, 0.05) is 41.3 Å². The number of carbonyl (C=O) groups excluding carboxylic acids is 1. The molecule has 0 saturated carbocycles. The number of amides is 1. The molecule has 2 aromatic carbocycles. The van der Waals surface area contributed by atoms with Gasteiger partial charge in [-0.2, -0.15) is 19.0 Å². The summed E-state index contributed by atoms with van der Waals surface area (Å²) in [5.74, 6) is -4.32. The number of aryl methyl sites for hydroxylation is 1. The van der Waals surface area contributed by atoms with Gasteiger partial charge in [-0.05, 0) is 61.9 Å². The molecule has 20 heteroatoms. The summed E-state index contributed by atoms with van der Waals surface area (Å²) in [7, 11) is -2.69. The molecule has 0 saturated heterocycles. The van der Waals surface area contributed by atoms with Crippen molar-refractivity contribution in [3.05, 3.63) is 93.6 Å². The number of nitrogens with one attached hydrogen (secondary N) is 2. The number of anilines is 1. The average molecular weight is 852 g/mol. The zero-order valence-electron chi connectivity index (χ0n) is 32.2.